The number of halogens is 2. The molecule has 1 rings (SSSR count). The van der Waals surface area contributed by atoms with Gasteiger partial charge in [0.25, 0.3) is 0 Å². The van der Waals surface area contributed by atoms with Crippen LogP contribution in [0, 0.1) is 0 Å². The molecule has 1 aromatic rings. The van der Waals surface area contributed by atoms with Gasteiger partial charge in [0, 0.05) is 0 Å². The third-order valence-corrected chi connectivity index (χ3v) is 1.81. The quantitative estimate of drug-likeness (QED) is 0.750. The number of aromatic hydroxyl groups is 1. The van der Waals surface area contributed by atoms with Gasteiger partial charge in [-0.1, -0.05) is 17.7 Å². The van der Waals surface area contributed by atoms with Crippen molar-refractivity contribution in [3.63, 3.8) is 0 Å². The highest BCUT2D eigenvalue weighted by Gasteiger charge is 2.08. The number of phenolic OH excluding ortho intramolecular Hbond substituents is 1. The van der Waals surface area contributed by atoms with E-state index in [0.717, 1.165) is 0 Å². The fourth-order valence-electron chi connectivity index (χ4n) is 0.820. The fraction of sp³-hybridized carbons (Fsp3) is 0.250. The first-order valence-corrected chi connectivity index (χ1v) is 3.75. The second kappa shape index (κ2) is 3.74. The second-order valence-electron chi connectivity index (χ2n) is 2.38. The van der Waals surface area contributed by atoms with Crippen LogP contribution in [0.5, 0.6) is 5.75 Å². The highest BCUT2D eigenvalue weighted by molar-refractivity contribution is 6.32. The van der Waals surface area contributed by atoms with Gasteiger partial charge in [-0.05, 0) is 17.7 Å². The Kier molecular flexibility index (Phi) is 2.89. The minimum Gasteiger partial charge on any atom is -0.506 e. The van der Waals surface area contributed by atoms with E-state index in [2.05, 4.69) is 0 Å². The Balaban J connectivity index is 2.96. The lowest BCUT2D eigenvalue weighted by molar-refractivity contribution is 0.141. The summed E-state index contributed by atoms with van der Waals surface area (Å²) in [5.74, 6) is -0.0773. The molecule has 0 saturated heterocycles. The number of aliphatic hydroxyl groups is 1. The van der Waals surface area contributed by atoms with Crippen molar-refractivity contribution in [3.8, 4) is 5.75 Å². The van der Waals surface area contributed by atoms with Gasteiger partial charge in [-0.2, -0.15) is 0 Å². The molecule has 2 nitrogen and oxygen atoms in total. The molecule has 66 valence electrons. The van der Waals surface area contributed by atoms with E-state index in [9.17, 15) is 4.39 Å². The van der Waals surface area contributed by atoms with Gasteiger partial charge < -0.3 is 10.2 Å². The summed E-state index contributed by atoms with van der Waals surface area (Å²) in [5.41, 5.74) is 0.361. The van der Waals surface area contributed by atoms with Crippen molar-refractivity contribution in [2.24, 2.45) is 0 Å². The van der Waals surface area contributed by atoms with Gasteiger partial charge in [0.2, 0.25) is 0 Å². The third kappa shape index (κ3) is 1.87. The molecule has 2 N–H and O–H groups in total. The number of alkyl halides is 1. The molecule has 0 aliphatic carbocycles. The van der Waals surface area contributed by atoms with E-state index in [1.165, 1.54) is 18.2 Å². The maximum atomic E-state index is 11.9. The predicted molar refractivity (Wildman–Crippen MR) is 44.1 cm³/mol. The van der Waals surface area contributed by atoms with Gasteiger partial charge in [0.1, 0.15) is 18.5 Å². The zero-order chi connectivity index (χ0) is 9.14. The Labute approximate surface area is 74.2 Å². The third-order valence-electron chi connectivity index (χ3n) is 1.50. The topological polar surface area (TPSA) is 40.5 Å². The first kappa shape index (κ1) is 9.29. The van der Waals surface area contributed by atoms with E-state index in [1.54, 1.807) is 0 Å². The molecule has 0 aromatic heterocycles. The van der Waals surface area contributed by atoms with E-state index in [-0.39, 0.29) is 10.8 Å². The van der Waals surface area contributed by atoms with E-state index >= 15 is 0 Å². The summed E-state index contributed by atoms with van der Waals surface area (Å²) in [4.78, 5) is 0. The highest BCUT2D eigenvalue weighted by atomic mass is 35.5. The number of rotatable bonds is 2. The van der Waals surface area contributed by atoms with E-state index in [4.69, 9.17) is 21.8 Å². The van der Waals surface area contributed by atoms with Gasteiger partial charge in [-0.25, -0.2) is 4.39 Å². The highest BCUT2D eigenvalue weighted by Crippen LogP contribution is 2.26. The van der Waals surface area contributed by atoms with Crippen LogP contribution in [0.4, 0.5) is 4.39 Å². The van der Waals surface area contributed by atoms with E-state index in [0.29, 0.717) is 5.56 Å². The second-order valence-corrected chi connectivity index (χ2v) is 2.79. The molecule has 0 aliphatic heterocycles. The molecular formula is C8H8ClFO2. The van der Waals surface area contributed by atoms with Crippen molar-refractivity contribution in [2.45, 2.75) is 6.10 Å². The van der Waals surface area contributed by atoms with Crippen molar-refractivity contribution in [2.75, 3.05) is 6.67 Å². The van der Waals surface area contributed by atoms with Gasteiger partial charge in [-0.3, -0.25) is 0 Å². The van der Waals surface area contributed by atoms with Crippen molar-refractivity contribution < 1.29 is 14.6 Å². The Hall–Kier alpha value is -0.800. The molecule has 0 radical (unpaired) electrons. The van der Waals surface area contributed by atoms with Crippen LogP contribution in [0.2, 0.25) is 5.02 Å². The number of hydrogen-bond acceptors (Lipinski definition) is 2. The maximum absolute atomic E-state index is 11.9. The Morgan fingerprint density at radius 1 is 1.50 bits per heavy atom. The molecule has 1 aromatic carbocycles. The largest absolute Gasteiger partial charge is 0.506 e. The summed E-state index contributed by atoms with van der Waals surface area (Å²) in [6.45, 7) is -0.860. The van der Waals surface area contributed by atoms with Crippen LogP contribution in [0.15, 0.2) is 18.2 Å². The van der Waals surface area contributed by atoms with Gasteiger partial charge >= 0.3 is 0 Å². The number of hydrogen-bond donors (Lipinski definition) is 2. The summed E-state index contributed by atoms with van der Waals surface area (Å²) >= 11 is 5.53. The lowest BCUT2D eigenvalue weighted by Gasteiger charge is -2.06. The molecule has 1 unspecified atom stereocenters. The Bertz CT molecular complexity index is 278. The molecule has 12 heavy (non-hydrogen) atoms. The molecular weight excluding hydrogens is 183 g/mol. The summed E-state index contributed by atoms with van der Waals surface area (Å²) in [6, 6.07) is 4.07. The first-order valence-electron chi connectivity index (χ1n) is 3.37. The van der Waals surface area contributed by atoms with Crippen molar-refractivity contribution in [1.29, 1.82) is 0 Å². The molecule has 0 bridgehead atoms. The van der Waals surface area contributed by atoms with Gasteiger partial charge in [-0.15, -0.1) is 0 Å². The van der Waals surface area contributed by atoms with Crippen LogP contribution >= 0.6 is 11.6 Å². The SMILES string of the molecule is Oc1ccc(C(O)CF)cc1Cl. The minimum absolute atomic E-state index is 0.0773. The molecule has 0 heterocycles. The average molecular weight is 191 g/mol. The summed E-state index contributed by atoms with van der Waals surface area (Å²) in [5, 5.41) is 18.1. The number of phenols is 1. The van der Waals surface area contributed by atoms with Crippen LogP contribution in [0.25, 0.3) is 0 Å². The Morgan fingerprint density at radius 2 is 2.17 bits per heavy atom. The molecule has 0 amide bonds. The molecule has 1 atom stereocenters. The lowest BCUT2D eigenvalue weighted by atomic mass is 10.1. The van der Waals surface area contributed by atoms with Crippen LogP contribution in [-0.4, -0.2) is 16.9 Å². The minimum atomic E-state index is -1.16. The standard InChI is InChI=1S/C8H8ClFO2/c9-6-3-5(8(12)4-10)1-2-7(6)11/h1-3,8,11-12H,4H2. The average Bonchev–Trinajstić information content (AvgIpc) is 2.08. The number of aliphatic hydroxyl groups excluding tert-OH is 1. The van der Waals surface area contributed by atoms with Crippen molar-refractivity contribution in [3.05, 3.63) is 28.8 Å². The summed E-state index contributed by atoms with van der Waals surface area (Å²) < 4.78 is 11.9. The summed E-state index contributed by atoms with van der Waals surface area (Å²) in [7, 11) is 0. The van der Waals surface area contributed by atoms with E-state index in [1.807, 2.05) is 0 Å². The van der Waals surface area contributed by atoms with Crippen molar-refractivity contribution >= 4 is 11.6 Å². The van der Waals surface area contributed by atoms with Crippen molar-refractivity contribution in [1.82, 2.24) is 0 Å². The van der Waals surface area contributed by atoms with Crippen LogP contribution < -0.4 is 0 Å². The maximum Gasteiger partial charge on any atom is 0.134 e. The first-order chi connectivity index (χ1) is 5.65. The Morgan fingerprint density at radius 3 is 2.67 bits per heavy atom. The smallest absolute Gasteiger partial charge is 0.134 e. The fourth-order valence-corrected chi connectivity index (χ4v) is 1.01. The molecule has 4 heteroatoms. The molecule has 0 spiro atoms. The predicted octanol–water partition coefficient (Wildman–Crippen LogP) is 2.05. The zero-order valence-corrected chi connectivity index (χ0v) is 6.92. The molecule has 0 fully saturated rings. The van der Waals surface area contributed by atoms with Crippen LogP contribution in [0.3, 0.4) is 0 Å². The van der Waals surface area contributed by atoms with Gasteiger partial charge in [0.05, 0.1) is 5.02 Å². The molecule has 0 saturated carbocycles. The van der Waals surface area contributed by atoms with Crippen LogP contribution in [-0.2, 0) is 0 Å². The normalized spacial score (nSPS) is 12.9. The monoisotopic (exact) mass is 190 g/mol. The van der Waals surface area contributed by atoms with Gasteiger partial charge in [0.15, 0.2) is 0 Å². The molecule has 0 aliphatic rings. The van der Waals surface area contributed by atoms with Crippen LogP contribution in [0.1, 0.15) is 11.7 Å². The summed E-state index contributed by atoms with van der Waals surface area (Å²) in [6.07, 6.45) is -1.16. The zero-order valence-electron chi connectivity index (χ0n) is 6.17. The number of benzene rings is 1. The lowest BCUT2D eigenvalue weighted by Crippen LogP contribution is -1.98. The van der Waals surface area contributed by atoms with E-state index < -0.39 is 12.8 Å².